The molecule has 98 valence electrons. The normalized spacial score (nSPS) is 17.3. The lowest BCUT2D eigenvalue weighted by Gasteiger charge is -2.43. The highest BCUT2D eigenvalue weighted by Gasteiger charge is 2.41. The zero-order valence-electron chi connectivity index (χ0n) is 11.8. The van der Waals surface area contributed by atoms with E-state index in [0.717, 1.165) is 19.6 Å². The van der Waals surface area contributed by atoms with E-state index in [9.17, 15) is 4.79 Å². The number of ether oxygens (including phenoxy) is 1. The molecule has 2 heteroatoms. The van der Waals surface area contributed by atoms with Crippen LogP contribution in [0.1, 0.15) is 42.0 Å². The minimum absolute atomic E-state index is 0.0776. The Hall–Kier alpha value is -1.15. The van der Waals surface area contributed by atoms with E-state index in [-0.39, 0.29) is 11.2 Å². The summed E-state index contributed by atoms with van der Waals surface area (Å²) >= 11 is 0. The van der Waals surface area contributed by atoms with Gasteiger partial charge in [-0.25, -0.2) is 0 Å². The zero-order chi connectivity index (χ0) is 13.3. The number of rotatable bonds is 4. The molecular weight excluding hydrogens is 224 g/mol. The molecule has 0 unspecified atom stereocenters. The third kappa shape index (κ3) is 2.35. The molecule has 0 radical (unpaired) electrons. The van der Waals surface area contributed by atoms with E-state index in [1.807, 2.05) is 0 Å². The van der Waals surface area contributed by atoms with E-state index in [0.29, 0.717) is 6.42 Å². The highest BCUT2D eigenvalue weighted by Crippen LogP contribution is 2.39. The molecule has 0 saturated carbocycles. The van der Waals surface area contributed by atoms with Crippen LogP contribution < -0.4 is 0 Å². The van der Waals surface area contributed by atoms with Gasteiger partial charge in [0.25, 0.3) is 0 Å². The van der Waals surface area contributed by atoms with Crippen molar-refractivity contribution in [2.24, 2.45) is 0 Å². The van der Waals surface area contributed by atoms with E-state index in [1.165, 1.54) is 22.3 Å². The van der Waals surface area contributed by atoms with Gasteiger partial charge in [0, 0.05) is 11.8 Å². The molecule has 0 atom stereocenters. The van der Waals surface area contributed by atoms with Gasteiger partial charge in [-0.1, -0.05) is 12.1 Å². The molecule has 18 heavy (non-hydrogen) atoms. The highest BCUT2D eigenvalue weighted by molar-refractivity contribution is 5.75. The Kier molecular flexibility index (Phi) is 3.58. The average molecular weight is 246 g/mol. The number of ketones is 1. The van der Waals surface area contributed by atoms with Crippen LogP contribution >= 0.6 is 0 Å². The lowest BCUT2D eigenvalue weighted by atomic mass is 9.72. The van der Waals surface area contributed by atoms with Crippen molar-refractivity contribution in [3.05, 3.63) is 34.4 Å². The molecule has 0 bridgehead atoms. The van der Waals surface area contributed by atoms with Crippen molar-refractivity contribution >= 4 is 5.78 Å². The minimum Gasteiger partial charge on any atom is -0.379 e. The third-order valence-electron chi connectivity index (χ3n) is 4.12. The first-order valence-corrected chi connectivity index (χ1v) is 6.60. The summed E-state index contributed by atoms with van der Waals surface area (Å²) in [6.07, 6.45) is 1.56. The third-order valence-corrected chi connectivity index (χ3v) is 4.12. The summed E-state index contributed by atoms with van der Waals surface area (Å²) in [4.78, 5) is 11.2. The van der Waals surface area contributed by atoms with Gasteiger partial charge in [0.05, 0.1) is 13.2 Å². The molecule has 1 aromatic rings. The van der Waals surface area contributed by atoms with Gasteiger partial charge >= 0.3 is 0 Å². The maximum atomic E-state index is 11.2. The summed E-state index contributed by atoms with van der Waals surface area (Å²) in [5.41, 5.74) is 5.43. The fraction of sp³-hybridized carbons (Fsp3) is 0.562. The van der Waals surface area contributed by atoms with Gasteiger partial charge in [0.2, 0.25) is 0 Å². The lowest BCUT2D eigenvalue weighted by Crippen LogP contribution is -2.47. The molecule has 1 saturated heterocycles. The number of hydrogen-bond acceptors (Lipinski definition) is 2. The fourth-order valence-corrected chi connectivity index (χ4v) is 2.73. The maximum absolute atomic E-state index is 11.2. The van der Waals surface area contributed by atoms with E-state index >= 15 is 0 Å². The van der Waals surface area contributed by atoms with Crippen LogP contribution in [0.3, 0.4) is 0 Å². The van der Waals surface area contributed by atoms with Crippen molar-refractivity contribution in [2.75, 3.05) is 13.2 Å². The van der Waals surface area contributed by atoms with Crippen LogP contribution in [0.4, 0.5) is 0 Å². The molecule has 1 aliphatic heterocycles. The van der Waals surface area contributed by atoms with Crippen molar-refractivity contribution in [1.29, 1.82) is 0 Å². The molecule has 2 rings (SSSR count). The summed E-state index contributed by atoms with van der Waals surface area (Å²) in [5.74, 6) is 0.266. The van der Waals surface area contributed by atoms with Gasteiger partial charge in [0.1, 0.15) is 5.78 Å². The Labute approximate surface area is 109 Å². The van der Waals surface area contributed by atoms with Gasteiger partial charge in [-0.3, -0.25) is 0 Å². The molecule has 0 aromatic heterocycles. The van der Waals surface area contributed by atoms with Crippen molar-refractivity contribution in [1.82, 2.24) is 0 Å². The Balaban J connectivity index is 2.32. The predicted molar refractivity (Wildman–Crippen MR) is 73.1 cm³/mol. The number of carbonyl (C=O) groups excluding carboxylic acids is 1. The standard InChI is InChI=1S/C16H22O2/c1-11-7-13(3)15(8-12(11)2)16(9-18-10-16)6-5-14(4)17/h7-8H,5-6,9-10H2,1-4H3. The predicted octanol–water partition coefficient (Wildman–Crippen LogP) is 3.25. The molecular formula is C16H22O2. The number of aryl methyl sites for hydroxylation is 3. The van der Waals surface area contributed by atoms with Gasteiger partial charge in [-0.05, 0) is 56.4 Å². The quantitative estimate of drug-likeness (QED) is 0.815. The van der Waals surface area contributed by atoms with Crippen LogP contribution in [0, 0.1) is 20.8 Å². The van der Waals surface area contributed by atoms with Gasteiger partial charge in [-0.15, -0.1) is 0 Å². The fourth-order valence-electron chi connectivity index (χ4n) is 2.73. The SMILES string of the molecule is CC(=O)CCC1(c2cc(C)c(C)cc2C)COC1. The second-order valence-electron chi connectivity index (χ2n) is 5.73. The van der Waals surface area contributed by atoms with Crippen LogP contribution in [0.25, 0.3) is 0 Å². The zero-order valence-corrected chi connectivity index (χ0v) is 11.8. The summed E-state index contributed by atoms with van der Waals surface area (Å²) in [6.45, 7) is 9.63. The monoisotopic (exact) mass is 246 g/mol. The van der Waals surface area contributed by atoms with Crippen LogP contribution in [0.2, 0.25) is 0 Å². The van der Waals surface area contributed by atoms with Crippen LogP contribution in [-0.4, -0.2) is 19.0 Å². The molecule has 1 fully saturated rings. The minimum atomic E-state index is 0.0776. The maximum Gasteiger partial charge on any atom is 0.129 e. The number of carbonyl (C=O) groups is 1. The highest BCUT2D eigenvalue weighted by atomic mass is 16.5. The smallest absolute Gasteiger partial charge is 0.129 e. The molecule has 1 heterocycles. The molecule has 2 nitrogen and oxygen atoms in total. The summed E-state index contributed by atoms with van der Waals surface area (Å²) < 4.78 is 5.44. The van der Waals surface area contributed by atoms with E-state index in [1.54, 1.807) is 6.92 Å². The Bertz CT molecular complexity index is 470. The molecule has 1 aliphatic rings. The first-order chi connectivity index (χ1) is 8.44. The average Bonchev–Trinajstić information content (AvgIpc) is 2.23. The summed E-state index contributed by atoms with van der Waals surface area (Å²) in [7, 11) is 0. The molecule has 0 spiro atoms. The Morgan fingerprint density at radius 2 is 1.78 bits per heavy atom. The molecule has 0 amide bonds. The van der Waals surface area contributed by atoms with E-state index in [2.05, 4.69) is 32.9 Å². The van der Waals surface area contributed by atoms with Crippen molar-refractivity contribution in [3.8, 4) is 0 Å². The first kappa shape index (κ1) is 13.3. The lowest BCUT2D eigenvalue weighted by molar-refractivity contribution is -0.119. The molecule has 1 aromatic carbocycles. The Morgan fingerprint density at radius 3 is 2.28 bits per heavy atom. The van der Waals surface area contributed by atoms with Gasteiger partial charge in [0.15, 0.2) is 0 Å². The second kappa shape index (κ2) is 4.85. The van der Waals surface area contributed by atoms with E-state index < -0.39 is 0 Å². The van der Waals surface area contributed by atoms with Crippen LogP contribution in [-0.2, 0) is 14.9 Å². The number of Topliss-reactive ketones (excluding diaryl/α,β-unsaturated/α-hetero) is 1. The summed E-state index contributed by atoms with van der Waals surface area (Å²) in [6, 6.07) is 4.53. The first-order valence-electron chi connectivity index (χ1n) is 6.60. The summed E-state index contributed by atoms with van der Waals surface area (Å²) in [5, 5.41) is 0. The van der Waals surface area contributed by atoms with Crippen LogP contribution in [0.15, 0.2) is 12.1 Å². The number of hydrogen-bond donors (Lipinski definition) is 0. The van der Waals surface area contributed by atoms with Gasteiger partial charge in [-0.2, -0.15) is 0 Å². The second-order valence-corrected chi connectivity index (χ2v) is 5.73. The molecule has 0 N–H and O–H groups in total. The Morgan fingerprint density at radius 1 is 1.17 bits per heavy atom. The molecule has 0 aliphatic carbocycles. The number of benzene rings is 1. The topological polar surface area (TPSA) is 26.3 Å². The van der Waals surface area contributed by atoms with Crippen molar-refractivity contribution < 1.29 is 9.53 Å². The van der Waals surface area contributed by atoms with Crippen molar-refractivity contribution in [2.45, 2.75) is 46.0 Å². The van der Waals surface area contributed by atoms with Gasteiger partial charge < -0.3 is 9.53 Å². The largest absolute Gasteiger partial charge is 0.379 e. The van der Waals surface area contributed by atoms with Crippen LogP contribution in [0.5, 0.6) is 0 Å². The van der Waals surface area contributed by atoms with Crippen molar-refractivity contribution in [3.63, 3.8) is 0 Å². The van der Waals surface area contributed by atoms with E-state index in [4.69, 9.17) is 4.74 Å².